The van der Waals surface area contributed by atoms with E-state index in [-0.39, 0.29) is 16.8 Å². The molecule has 35 heavy (non-hydrogen) atoms. The summed E-state index contributed by atoms with van der Waals surface area (Å²) in [7, 11) is -3.85. The van der Waals surface area contributed by atoms with Crippen molar-refractivity contribution in [1.82, 2.24) is 4.72 Å². The van der Waals surface area contributed by atoms with Gasteiger partial charge in [-0.1, -0.05) is 40.2 Å². The van der Waals surface area contributed by atoms with E-state index in [1.165, 1.54) is 5.56 Å². The molecule has 8 heteroatoms. The van der Waals surface area contributed by atoms with Crippen molar-refractivity contribution in [2.24, 2.45) is 0 Å². The summed E-state index contributed by atoms with van der Waals surface area (Å²) in [5, 5.41) is 2.86. The minimum Gasteiger partial charge on any atom is -0.370 e. The van der Waals surface area contributed by atoms with Crippen LogP contribution in [0, 0.1) is 0 Å². The number of halogens is 1. The zero-order chi connectivity index (χ0) is 24.4. The van der Waals surface area contributed by atoms with E-state index in [2.05, 4.69) is 36.9 Å². The summed E-state index contributed by atoms with van der Waals surface area (Å²) in [6.45, 7) is 1.64. The SMILES string of the molecule is O=C(Nc1ccc(N2CCCC2)c(S(=O)(=O)N[C@H]2CCCc3ccccc32)c1)c1ccc(Br)cc1. The van der Waals surface area contributed by atoms with Crippen molar-refractivity contribution in [3.05, 3.63) is 87.9 Å². The van der Waals surface area contributed by atoms with Crippen molar-refractivity contribution in [1.29, 1.82) is 0 Å². The van der Waals surface area contributed by atoms with Crippen LogP contribution in [-0.2, 0) is 16.4 Å². The molecule has 0 bridgehead atoms. The standard InChI is InChI=1S/C27H28BrN3O3S/c28-21-12-10-20(11-13-21)27(32)29-22-14-15-25(31-16-3-4-17-31)26(18-22)35(33,34)30-24-9-5-7-19-6-1-2-8-23(19)24/h1-2,6,8,10-15,18,24,30H,3-5,7,9,16-17H2,(H,29,32)/t24-/m0/s1. The Balaban J connectivity index is 1.47. The number of nitrogens with zero attached hydrogens (tertiary/aromatic N) is 1. The molecule has 2 N–H and O–H groups in total. The highest BCUT2D eigenvalue weighted by molar-refractivity contribution is 9.10. The second-order valence-electron chi connectivity index (χ2n) is 9.10. The topological polar surface area (TPSA) is 78.5 Å². The molecule has 1 amide bonds. The summed E-state index contributed by atoms with van der Waals surface area (Å²) in [5.74, 6) is -0.288. The number of aryl methyl sites for hydroxylation is 1. The zero-order valence-corrected chi connectivity index (χ0v) is 21.7. The second kappa shape index (κ2) is 10.1. The van der Waals surface area contributed by atoms with Crippen LogP contribution in [0.25, 0.3) is 0 Å². The highest BCUT2D eigenvalue weighted by Crippen LogP contribution is 2.35. The number of nitrogens with one attached hydrogen (secondary N) is 2. The van der Waals surface area contributed by atoms with Gasteiger partial charge in [0, 0.05) is 34.9 Å². The van der Waals surface area contributed by atoms with Gasteiger partial charge in [0.05, 0.1) is 5.69 Å². The van der Waals surface area contributed by atoms with Gasteiger partial charge in [0.15, 0.2) is 0 Å². The first kappa shape index (κ1) is 24.0. The lowest BCUT2D eigenvalue weighted by molar-refractivity contribution is 0.102. The Kier molecular flexibility index (Phi) is 6.95. The van der Waals surface area contributed by atoms with Gasteiger partial charge in [-0.2, -0.15) is 0 Å². The molecule has 1 saturated heterocycles. The van der Waals surface area contributed by atoms with Crippen LogP contribution in [0.5, 0.6) is 0 Å². The quantitative estimate of drug-likeness (QED) is 0.413. The normalized spacial score (nSPS) is 17.7. The van der Waals surface area contributed by atoms with Crippen LogP contribution in [0.1, 0.15) is 53.2 Å². The molecule has 3 aromatic carbocycles. The molecular weight excluding hydrogens is 526 g/mol. The van der Waals surface area contributed by atoms with Crippen molar-refractivity contribution in [2.45, 2.75) is 43.0 Å². The van der Waals surface area contributed by atoms with Crippen LogP contribution in [0.15, 0.2) is 76.1 Å². The molecule has 1 fully saturated rings. The number of carbonyl (C=O) groups excluding carboxylic acids is 1. The highest BCUT2D eigenvalue weighted by Gasteiger charge is 2.29. The second-order valence-corrected chi connectivity index (χ2v) is 11.7. The van der Waals surface area contributed by atoms with Crippen LogP contribution < -0.4 is 14.9 Å². The van der Waals surface area contributed by atoms with Crippen molar-refractivity contribution >= 4 is 43.2 Å². The number of anilines is 2. The predicted molar refractivity (Wildman–Crippen MR) is 142 cm³/mol. The number of sulfonamides is 1. The van der Waals surface area contributed by atoms with Gasteiger partial charge in [0.1, 0.15) is 4.90 Å². The first-order valence-corrected chi connectivity index (χ1v) is 14.2. The molecule has 1 heterocycles. The van der Waals surface area contributed by atoms with Crippen molar-refractivity contribution in [3.8, 4) is 0 Å². The summed E-state index contributed by atoms with van der Waals surface area (Å²) < 4.78 is 31.4. The first-order valence-electron chi connectivity index (χ1n) is 12.0. The van der Waals surface area contributed by atoms with Crippen molar-refractivity contribution in [2.75, 3.05) is 23.3 Å². The van der Waals surface area contributed by atoms with E-state index in [1.54, 1.807) is 36.4 Å². The Labute approximate surface area is 214 Å². The molecular formula is C27H28BrN3O3S. The summed E-state index contributed by atoms with van der Waals surface area (Å²) in [5.41, 5.74) is 3.87. The third-order valence-corrected chi connectivity index (χ3v) is 8.76. The molecule has 1 aliphatic carbocycles. The van der Waals surface area contributed by atoms with Gasteiger partial charge in [-0.05, 0) is 85.7 Å². The molecule has 0 unspecified atom stereocenters. The van der Waals surface area contributed by atoms with Crippen LogP contribution >= 0.6 is 15.9 Å². The van der Waals surface area contributed by atoms with Gasteiger partial charge in [-0.15, -0.1) is 0 Å². The Morgan fingerprint density at radius 1 is 0.943 bits per heavy atom. The third kappa shape index (κ3) is 5.29. The molecule has 0 spiro atoms. The van der Waals surface area contributed by atoms with E-state index < -0.39 is 10.0 Å². The van der Waals surface area contributed by atoms with Crippen molar-refractivity contribution in [3.63, 3.8) is 0 Å². The van der Waals surface area contributed by atoms with E-state index >= 15 is 0 Å². The molecule has 2 aliphatic rings. The average molecular weight is 555 g/mol. The Bertz CT molecular complexity index is 1340. The van der Waals surface area contributed by atoms with Gasteiger partial charge < -0.3 is 10.2 Å². The number of benzene rings is 3. The summed E-state index contributed by atoms with van der Waals surface area (Å²) in [4.78, 5) is 15.1. The minimum absolute atomic E-state index is 0.205. The van der Waals surface area contributed by atoms with E-state index in [0.29, 0.717) is 16.9 Å². The summed E-state index contributed by atoms with van der Waals surface area (Å²) >= 11 is 3.37. The number of fused-ring (bicyclic) bond motifs is 1. The van der Waals surface area contributed by atoms with Crippen LogP contribution in [0.4, 0.5) is 11.4 Å². The maximum absolute atomic E-state index is 13.8. The Morgan fingerprint density at radius 3 is 2.46 bits per heavy atom. The Hall–Kier alpha value is -2.68. The van der Waals surface area contributed by atoms with Gasteiger partial charge in [-0.25, -0.2) is 13.1 Å². The number of carbonyl (C=O) groups is 1. The molecule has 0 saturated carbocycles. The first-order chi connectivity index (χ1) is 16.9. The fourth-order valence-electron chi connectivity index (χ4n) is 4.96. The maximum Gasteiger partial charge on any atom is 0.255 e. The van der Waals surface area contributed by atoms with E-state index in [4.69, 9.17) is 0 Å². The molecule has 182 valence electrons. The Morgan fingerprint density at radius 2 is 1.69 bits per heavy atom. The maximum atomic E-state index is 13.8. The number of hydrogen-bond donors (Lipinski definition) is 2. The molecule has 1 aliphatic heterocycles. The fourth-order valence-corrected chi connectivity index (χ4v) is 6.72. The van der Waals surface area contributed by atoms with E-state index in [1.807, 2.05) is 24.3 Å². The number of rotatable bonds is 6. The van der Waals surface area contributed by atoms with Crippen molar-refractivity contribution < 1.29 is 13.2 Å². The van der Waals surface area contributed by atoms with Crippen LogP contribution in [-0.4, -0.2) is 27.4 Å². The number of hydrogen-bond acceptors (Lipinski definition) is 4. The lowest BCUT2D eigenvalue weighted by Crippen LogP contribution is -2.32. The van der Waals surface area contributed by atoms with Crippen LogP contribution in [0.2, 0.25) is 0 Å². The molecule has 0 radical (unpaired) electrons. The smallest absolute Gasteiger partial charge is 0.255 e. The summed E-state index contributed by atoms with van der Waals surface area (Å²) in [6, 6.07) is 20.0. The highest BCUT2D eigenvalue weighted by atomic mass is 79.9. The number of amides is 1. The molecule has 3 aromatic rings. The largest absolute Gasteiger partial charge is 0.370 e. The van der Waals surface area contributed by atoms with E-state index in [9.17, 15) is 13.2 Å². The average Bonchev–Trinajstić information content (AvgIpc) is 3.39. The third-order valence-electron chi connectivity index (χ3n) is 6.73. The summed E-state index contributed by atoms with van der Waals surface area (Å²) in [6.07, 6.45) is 4.72. The molecule has 1 atom stereocenters. The van der Waals surface area contributed by atoms with E-state index in [0.717, 1.165) is 55.2 Å². The van der Waals surface area contributed by atoms with Gasteiger partial charge in [0.25, 0.3) is 5.91 Å². The predicted octanol–water partition coefficient (Wildman–Crippen LogP) is 5.66. The zero-order valence-electron chi connectivity index (χ0n) is 19.3. The lowest BCUT2D eigenvalue weighted by Gasteiger charge is -2.28. The van der Waals surface area contributed by atoms with Crippen LogP contribution in [0.3, 0.4) is 0 Å². The van der Waals surface area contributed by atoms with Gasteiger partial charge >= 0.3 is 0 Å². The minimum atomic E-state index is -3.85. The monoisotopic (exact) mass is 553 g/mol. The van der Waals surface area contributed by atoms with Gasteiger partial charge in [0.2, 0.25) is 10.0 Å². The van der Waals surface area contributed by atoms with Gasteiger partial charge in [-0.3, -0.25) is 4.79 Å². The fraction of sp³-hybridized carbons (Fsp3) is 0.296. The lowest BCUT2D eigenvalue weighted by atomic mass is 9.88. The molecule has 0 aromatic heterocycles. The molecule has 6 nitrogen and oxygen atoms in total. The molecule has 5 rings (SSSR count).